The van der Waals surface area contributed by atoms with Crippen molar-refractivity contribution in [3.05, 3.63) is 27.0 Å². The van der Waals surface area contributed by atoms with Crippen LogP contribution in [0.1, 0.15) is 13.8 Å². The summed E-state index contributed by atoms with van der Waals surface area (Å²) in [5.74, 6) is -1.32. The van der Waals surface area contributed by atoms with Gasteiger partial charge in [0.15, 0.2) is 11.9 Å². The molecule has 98 valence electrons. The van der Waals surface area contributed by atoms with Crippen molar-refractivity contribution >= 4 is 11.6 Å². The van der Waals surface area contributed by atoms with Crippen LogP contribution in [0.15, 0.2) is 15.8 Å². The summed E-state index contributed by atoms with van der Waals surface area (Å²) in [6.45, 7) is 3.49. The molecule has 1 aromatic rings. The molecule has 0 unspecified atom stereocenters. The van der Waals surface area contributed by atoms with E-state index >= 15 is 0 Å². The van der Waals surface area contributed by atoms with Crippen LogP contribution >= 0.6 is 0 Å². The van der Waals surface area contributed by atoms with E-state index in [1.807, 2.05) is 4.98 Å². The van der Waals surface area contributed by atoms with Crippen LogP contribution in [-0.4, -0.2) is 34.4 Å². The molecule has 0 bridgehead atoms. The molecule has 0 aromatic carbocycles. The van der Waals surface area contributed by atoms with E-state index in [0.717, 1.165) is 6.20 Å². The molecule has 2 heterocycles. The summed E-state index contributed by atoms with van der Waals surface area (Å²) < 4.78 is 10.6. The molecule has 0 radical (unpaired) electrons. The molecule has 1 saturated heterocycles. The fraction of sp³-hybridized carbons (Fsp3) is 0.500. The highest BCUT2D eigenvalue weighted by molar-refractivity contribution is 5.94. The van der Waals surface area contributed by atoms with Gasteiger partial charge >= 0.3 is 5.69 Å². The lowest BCUT2D eigenvalue weighted by atomic mass is 10.3. The van der Waals surface area contributed by atoms with Gasteiger partial charge in [0.1, 0.15) is 5.69 Å². The number of carbonyl (C=O) groups is 1. The van der Waals surface area contributed by atoms with Crippen molar-refractivity contribution in [3.63, 3.8) is 0 Å². The molecule has 1 atom stereocenters. The van der Waals surface area contributed by atoms with E-state index in [0.29, 0.717) is 0 Å². The van der Waals surface area contributed by atoms with Crippen LogP contribution in [0.25, 0.3) is 0 Å². The van der Waals surface area contributed by atoms with E-state index in [2.05, 4.69) is 10.3 Å². The number of hydrogen-bond acceptors (Lipinski definition) is 5. The predicted molar refractivity (Wildman–Crippen MR) is 61.2 cm³/mol. The second-order valence-electron chi connectivity index (χ2n) is 4.29. The number of anilines is 1. The van der Waals surface area contributed by atoms with Crippen molar-refractivity contribution in [2.45, 2.75) is 25.7 Å². The Balaban J connectivity index is 2.08. The number of nitrogens with one attached hydrogen (secondary N) is 3. The van der Waals surface area contributed by atoms with E-state index in [-0.39, 0.29) is 12.3 Å². The topological polar surface area (TPSA) is 113 Å². The molecule has 1 fully saturated rings. The van der Waals surface area contributed by atoms with E-state index in [4.69, 9.17) is 9.47 Å². The van der Waals surface area contributed by atoms with Crippen LogP contribution in [0.2, 0.25) is 0 Å². The van der Waals surface area contributed by atoms with Crippen LogP contribution in [0.4, 0.5) is 5.69 Å². The Hall–Kier alpha value is -1.93. The molecule has 18 heavy (non-hydrogen) atoms. The molecule has 1 aliphatic heterocycles. The first-order valence-electron chi connectivity index (χ1n) is 5.32. The van der Waals surface area contributed by atoms with Crippen molar-refractivity contribution in [3.8, 4) is 0 Å². The van der Waals surface area contributed by atoms with Gasteiger partial charge in [0.25, 0.3) is 11.5 Å². The Labute approximate surface area is 101 Å². The van der Waals surface area contributed by atoms with Crippen LogP contribution in [-0.2, 0) is 14.3 Å². The van der Waals surface area contributed by atoms with Crippen molar-refractivity contribution in [1.29, 1.82) is 0 Å². The fourth-order valence-corrected chi connectivity index (χ4v) is 1.53. The van der Waals surface area contributed by atoms with Crippen LogP contribution in [0.5, 0.6) is 0 Å². The maximum atomic E-state index is 11.8. The summed E-state index contributed by atoms with van der Waals surface area (Å²) >= 11 is 0. The number of aromatic amines is 2. The average molecular weight is 255 g/mol. The van der Waals surface area contributed by atoms with E-state index < -0.39 is 29.0 Å². The van der Waals surface area contributed by atoms with Gasteiger partial charge in [-0.3, -0.25) is 14.6 Å². The zero-order valence-electron chi connectivity index (χ0n) is 9.90. The third kappa shape index (κ3) is 2.66. The monoisotopic (exact) mass is 255 g/mol. The second kappa shape index (κ2) is 4.39. The minimum atomic E-state index is -0.820. The Morgan fingerprint density at radius 1 is 1.50 bits per heavy atom. The lowest BCUT2D eigenvalue weighted by Gasteiger charge is -2.16. The van der Waals surface area contributed by atoms with Gasteiger partial charge in [-0.1, -0.05) is 0 Å². The molecule has 2 rings (SSSR count). The lowest BCUT2D eigenvalue weighted by molar-refractivity contribution is -0.150. The van der Waals surface area contributed by atoms with Crippen molar-refractivity contribution in [2.24, 2.45) is 0 Å². The standard InChI is InChI=1S/C10H13N3O5/c1-10(2)17-4-6(18-10)8(15)12-5-3-11-9(16)13-7(5)14/h3,6H,4H2,1-2H3,(H,12,15)(H2,11,13,14,16)/t6-/m1/s1. The Morgan fingerprint density at radius 3 is 2.78 bits per heavy atom. The maximum absolute atomic E-state index is 11.8. The molecular weight excluding hydrogens is 242 g/mol. The summed E-state index contributed by atoms with van der Waals surface area (Å²) in [4.78, 5) is 38.2. The van der Waals surface area contributed by atoms with Gasteiger partial charge in [0, 0.05) is 6.20 Å². The maximum Gasteiger partial charge on any atom is 0.325 e. The van der Waals surface area contributed by atoms with Crippen molar-refractivity contribution in [2.75, 3.05) is 11.9 Å². The molecule has 1 amide bonds. The zero-order valence-corrected chi connectivity index (χ0v) is 9.90. The van der Waals surface area contributed by atoms with Crippen LogP contribution < -0.4 is 16.6 Å². The normalized spacial score (nSPS) is 21.8. The van der Waals surface area contributed by atoms with E-state index in [9.17, 15) is 14.4 Å². The molecule has 8 heteroatoms. The van der Waals surface area contributed by atoms with Gasteiger partial charge in [0.05, 0.1) is 6.61 Å². The molecule has 8 nitrogen and oxygen atoms in total. The largest absolute Gasteiger partial charge is 0.347 e. The van der Waals surface area contributed by atoms with Crippen LogP contribution in [0, 0.1) is 0 Å². The highest BCUT2D eigenvalue weighted by atomic mass is 16.7. The third-order valence-corrected chi connectivity index (χ3v) is 2.38. The first kappa shape index (κ1) is 12.5. The average Bonchev–Trinajstić information content (AvgIpc) is 2.63. The summed E-state index contributed by atoms with van der Waals surface area (Å²) in [6.07, 6.45) is 0.339. The van der Waals surface area contributed by atoms with Gasteiger partial charge in [-0.15, -0.1) is 0 Å². The van der Waals surface area contributed by atoms with E-state index in [1.54, 1.807) is 13.8 Å². The predicted octanol–water partition coefficient (Wildman–Crippen LogP) is -0.847. The Kier molecular flexibility index (Phi) is 3.05. The van der Waals surface area contributed by atoms with Gasteiger partial charge < -0.3 is 19.8 Å². The quantitative estimate of drug-likeness (QED) is 0.637. The number of ether oxygens (including phenoxy) is 2. The number of aromatic nitrogens is 2. The number of rotatable bonds is 2. The summed E-state index contributed by atoms with van der Waals surface area (Å²) in [7, 11) is 0. The molecule has 3 N–H and O–H groups in total. The van der Waals surface area contributed by atoms with Gasteiger partial charge in [0.2, 0.25) is 0 Å². The zero-order chi connectivity index (χ0) is 13.3. The summed E-state index contributed by atoms with van der Waals surface area (Å²) in [6, 6.07) is 0. The van der Waals surface area contributed by atoms with Crippen molar-refractivity contribution < 1.29 is 14.3 Å². The Bertz CT molecular complexity index is 573. The second-order valence-corrected chi connectivity index (χ2v) is 4.29. The first-order chi connectivity index (χ1) is 8.37. The highest BCUT2D eigenvalue weighted by Gasteiger charge is 2.37. The van der Waals surface area contributed by atoms with E-state index in [1.165, 1.54) is 0 Å². The molecular formula is C10H13N3O5. The minimum Gasteiger partial charge on any atom is -0.347 e. The van der Waals surface area contributed by atoms with Gasteiger partial charge in [-0.2, -0.15) is 0 Å². The molecule has 1 aliphatic rings. The summed E-state index contributed by atoms with van der Waals surface area (Å²) in [5, 5.41) is 2.36. The lowest BCUT2D eigenvalue weighted by Crippen LogP contribution is -2.34. The van der Waals surface area contributed by atoms with Crippen molar-refractivity contribution in [1.82, 2.24) is 9.97 Å². The third-order valence-electron chi connectivity index (χ3n) is 2.38. The molecule has 0 saturated carbocycles. The number of hydrogen-bond donors (Lipinski definition) is 3. The molecule has 0 spiro atoms. The summed E-state index contributed by atoms with van der Waals surface area (Å²) in [5.41, 5.74) is -1.36. The fourth-order valence-electron chi connectivity index (χ4n) is 1.53. The molecule has 1 aromatic heterocycles. The van der Waals surface area contributed by atoms with Gasteiger partial charge in [-0.05, 0) is 13.8 Å². The SMILES string of the molecule is CC1(C)OC[C@H](C(=O)Nc2c[nH]c(=O)[nH]c2=O)O1. The molecule has 0 aliphatic carbocycles. The van der Waals surface area contributed by atoms with Crippen LogP contribution in [0.3, 0.4) is 0 Å². The smallest absolute Gasteiger partial charge is 0.325 e. The van der Waals surface area contributed by atoms with Gasteiger partial charge in [-0.25, -0.2) is 4.79 Å². The number of carbonyl (C=O) groups excluding carboxylic acids is 1. The number of amides is 1. The Morgan fingerprint density at radius 2 is 2.22 bits per heavy atom. The minimum absolute atomic E-state index is 0.0482. The highest BCUT2D eigenvalue weighted by Crippen LogP contribution is 2.22. The first-order valence-corrected chi connectivity index (χ1v) is 5.32. The number of H-pyrrole nitrogens is 2.